The lowest BCUT2D eigenvalue weighted by molar-refractivity contribution is -0.120. The summed E-state index contributed by atoms with van der Waals surface area (Å²) in [4.78, 5) is 21.4. The molecule has 1 aliphatic rings. The molecule has 1 aromatic heterocycles. The van der Waals surface area contributed by atoms with Crippen LogP contribution in [0.2, 0.25) is 0 Å². The maximum absolute atomic E-state index is 12.6. The van der Waals surface area contributed by atoms with E-state index >= 15 is 0 Å². The summed E-state index contributed by atoms with van der Waals surface area (Å²) < 4.78 is 0. The molecule has 7 heteroatoms. The number of aliphatic hydroxyl groups excluding tert-OH is 1. The molecule has 2 heterocycles. The number of pyridine rings is 1. The summed E-state index contributed by atoms with van der Waals surface area (Å²) in [6.07, 6.45) is 8.87. The number of hydrogen-bond acceptors (Lipinski definition) is 6. The number of benzene rings is 2. The van der Waals surface area contributed by atoms with Gasteiger partial charge in [0, 0.05) is 30.8 Å². The van der Waals surface area contributed by atoms with E-state index in [0.717, 1.165) is 16.8 Å². The maximum Gasteiger partial charge on any atom is 0.224 e. The molecule has 0 radical (unpaired) electrons. The molecule has 0 saturated heterocycles. The summed E-state index contributed by atoms with van der Waals surface area (Å²) in [5, 5.41) is 34.8. The second-order valence-corrected chi connectivity index (χ2v) is 9.58. The van der Waals surface area contributed by atoms with Gasteiger partial charge in [-0.05, 0) is 53.5 Å². The monoisotopic (exact) mass is 499 g/mol. The average molecular weight is 500 g/mol. The Kier molecular flexibility index (Phi) is 8.16. The van der Waals surface area contributed by atoms with Gasteiger partial charge in [0.05, 0.1) is 36.4 Å². The third-order valence-electron chi connectivity index (χ3n) is 6.87. The minimum atomic E-state index is -1.33. The fourth-order valence-electron chi connectivity index (χ4n) is 4.80. The predicted molar refractivity (Wildman–Crippen MR) is 143 cm³/mol. The summed E-state index contributed by atoms with van der Waals surface area (Å²) in [6, 6.07) is 18.1. The largest absolute Gasteiger partial charge is 0.508 e. The first-order valence-electron chi connectivity index (χ1n) is 12.5. The van der Waals surface area contributed by atoms with Crippen LogP contribution in [0.25, 0.3) is 0 Å². The van der Waals surface area contributed by atoms with Crippen molar-refractivity contribution in [1.29, 1.82) is 0 Å². The summed E-state index contributed by atoms with van der Waals surface area (Å²) in [5.74, 6) is -0.129. The number of hydrogen-bond donors (Lipinski definition) is 4. The number of nitrogens with one attached hydrogen (secondary N) is 1. The Hall–Kier alpha value is -3.81. The fraction of sp³-hybridized carbons (Fsp3) is 0.300. The highest BCUT2D eigenvalue weighted by Gasteiger charge is 2.40. The number of aliphatic hydroxyl groups is 2. The summed E-state index contributed by atoms with van der Waals surface area (Å²) >= 11 is 0. The van der Waals surface area contributed by atoms with Gasteiger partial charge in [0.1, 0.15) is 5.75 Å². The molecule has 1 amide bonds. The molecule has 7 nitrogen and oxygen atoms in total. The number of amides is 1. The van der Waals surface area contributed by atoms with E-state index in [1.807, 2.05) is 61.5 Å². The van der Waals surface area contributed by atoms with Gasteiger partial charge in [-0.2, -0.15) is 0 Å². The summed E-state index contributed by atoms with van der Waals surface area (Å²) in [6.45, 7) is 2.06. The Morgan fingerprint density at radius 2 is 1.92 bits per heavy atom. The van der Waals surface area contributed by atoms with Crippen LogP contribution in [-0.4, -0.2) is 38.0 Å². The highest BCUT2D eigenvalue weighted by Crippen LogP contribution is 2.40. The van der Waals surface area contributed by atoms with Crippen LogP contribution in [0.3, 0.4) is 0 Å². The van der Waals surface area contributed by atoms with Crippen molar-refractivity contribution in [2.75, 3.05) is 0 Å². The quantitative estimate of drug-likeness (QED) is 0.321. The van der Waals surface area contributed by atoms with Gasteiger partial charge in [0.2, 0.25) is 5.91 Å². The predicted octanol–water partition coefficient (Wildman–Crippen LogP) is 3.75. The lowest BCUT2D eigenvalue weighted by Gasteiger charge is -2.36. The standard InChI is InChI=1S/C30H33N3O4/c1-2-29(12-6-14-33-29)21-30(37,25-10-11-27(35)24(17-25)20-34)18-23-8-5-7-22(15-23)16-28(36)32-19-26-9-3-4-13-31-26/h3-15,17,34-35,37H,2,16,18-21H2,1H3,(H,32,36). The Morgan fingerprint density at radius 3 is 2.62 bits per heavy atom. The zero-order valence-electron chi connectivity index (χ0n) is 21.0. The molecule has 37 heavy (non-hydrogen) atoms. The van der Waals surface area contributed by atoms with Crippen molar-refractivity contribution in [3.05, 3.63) is 107 Å². The molecule has 0 fully saturated rings. The molecule has 3 aromatic rings. The van der Waals surface area contributed by atoms with Crippen LogP contribution in [0.4, 0.5) is 0 Å². The van der Waals surface area contributed by atoms with Gasteiger partial charge in [-0.15, -0.1) is 0 Å². The number of carbonyl (C=O) groups excluding carboxylic acids is 1. The Balaban J connectivity index is 1.56. The van der Waals surface area contributed by atoms with E-state index in [4.69, 9.17) is 0 Å². The minimum absolute atomic E-state index is 0.0173. The van der Waals surface area contributed by atoms with E-state index in [2.05, 4.69) is 15.3 Å². The zero-order valence-corrected chi connectivity index (χ0v) is 21.0. The number of aromatic nitrogens is 1. The van der Waals surface area contributed by atoms with Crippen molar-refractivity contribution in [3.63, 3.8) is 0 Å². The molecule has 0 aliphatic carbocycles. The fourth-order valence-corrected chi connectivity index (χ4v) is 4.80. The first kappa shape index (κ1) is 26.3. The second-order valence-electron chi connectivity index (χ2n) is 9.58. The third-order valence-corrected chi connectivity index (χ3v) is 6.87. The van der Waals surface area contributed by atoms with E-state index in [9.17, 15) is 20.1 Å². The van der Waals surface area contributed by atoms with Gasteiger partial charge in [-0.3, -0.25) is 14.8 Å². The van der Waals surface area contributed by atoms with Crippen LogP contribution in [0.5, 0.6) is 5.75 Å². The highest BCUT2D eigenvalue weighted by atomic mass is 16.3. The topological polar surface area (TPSA) is 115 Å². The molecule has 0 saturated carbocycles. The molecule has 2 unspecified atom stereocenters. The van der Waals surface area contributed by atoms with E-state index < -0.39 is 11.1 Å². The first-order valence-corrected chi connectivity index (χ1v) is 12.5. The molecular formula is C30H33N3O4. The summed E-state index contributed by atoms with van der Waals surface area (Å²) in [5.41, 5.74) is 1.56. The number of allylic oxidation sites excluding steroid dienone is 1. The molecule has 0 spiro atoms. The van der Waals surface area contributed by atoms with Crippen LogP contribution in [0, 0.1) is 0 Å². The lowest BCUT2D eigenvalue weighted by atomic mass is 9.75. The number of rotatable bonds is 11. The van der Waals surface area contributed by atoms with E-state index in [1.54, 1.807) is 24.5 Å². The average Bonchev–Trinajstić information content (AvgIpc) is 3.37. The second kappa shape index (κ2) is 11.5. The van der Waals surface area contributed by atoms with Gasteiger partial charge in [0.15, 0.2) is 0 Å². The molecule has 1 aliphatic heterocycles. The molecule has 2 atom stereocenters. The van der Waals surface area contributed by atoms with Crippen molar-refractivity contribution in [2.24, 2.45) is 4.99 Å². The van der Waals surface area contributed by atoms with Crippen molar-refractivity contribution >= 4 is 12.1 Å². The zero-order chi connectivity index (χ0) is 26.3. The molecule has 4 N–H and O–H groups in total. The van der Waals surface area contributed by atoms with Gasteiger partial charge < -0.3 is 20.6 Å². The summed E-state index contributed by atoms with van der Waals surface area (Å²) in [7, 11) is 0. The molecule has 4 rings (SSSR count). The van der Waals surface area contributed by atoms with Crippen molar-refractivity contribution in [2.45, 2.75) is 56.9 Å². The third kappa shape index (κ3) is 6.50. The lowest BCUT2D eigenvalue weighted by Crippen LogP contribution is -2.38. The minimum Gasteiger partial charge on any atom is -0.508 e. The molecule has 0 bridgehead atoms. The van der Waals surface area contributed by atoms with E-state index in [0.29, 0.717) is 30.5 Å². The van der Waals surface area contributed by atoms with Crippen LogP contribution in [0.15, 0.2) is 84.0 Å². The van der Waals surface area contributed by atoms with E-state index in [1.165, 1.54) is 6.07 Å². The van der Waals surface area contributed by atoms with Crippen LogP contribution in [0.1, 0.15) is 47.7 Å². The van der Waals surface area contributed by atoms with Gasteiger partial charge in [0.25, 0.3) is 0 Å². The van der Waals surface area contributed by atoms with Crippen molar-refractivity contribution in [1.82, 2.24) is 10.3 Å². The molecule has 2 aromatic carbocycles. The van der Waals surface area contributed by atoms with Gasteiger partial charge in [-0.25, -0.2) is 0 Å². The van der Waals surface area contributed by atoms with Crippen molar-refractivity contribution in [3.8, 4) is 5.75 Å². The van der Waals surface area contributed by atoms with Crippen molar-refractivity contribution < 1.29 is 20.1 Å². The first-order chi connectivity index (χ1) is 17.8. The number of carbonyl (C=O) groups is 1. The number of nitrogens with zero attached hydrogens (tertiary/aromatic N) is 2. The normalized spacial score (nSPS) is 18.0. The van der Waals surface area contributed by atoms with E-state index in [-0.39, 0.29) is 31.1 Å². The molecule has 192 valence electrons. The molecular weight excluding hydrogens is 466 g/mol. The van der Waals surface area contributed by atoms with Crippen LogP contribution < -0.4 is 5.32 Å². The highest BCUT2D eigenvalue weighted by molar-refractivity contribution is 5.78. The van der Waals surface area contributed by atoms with Crippen LogP contribution in [-0.2, 0) is 36.4 Å². The SMILES string of the molecule is CCC1(CC(O)(Cc2cccc(CC(=O)NCc3ccccn3)c2)c2ccc(O)c(CO)c2)C=CC=N1. The Labute approximate surface area is 217 Å². The Bertz CT molecular complexity index is 1280. The maximum atomic E-state index is 12.6. The van der Waals surface area contributed by atoms with Gasteiger partial charge >= 0.3 is 0 Å². The van der Waals surface area contributed by atoms with Gasteiger partial charge in [-0.1, -0.05) is 49.4 Å². The number of aromatic hydroxyl groups is 1. The Morgan fingerprint density at radius 1 is 1.08 bits per heavy atom. The smallest absolute Gasteiger partial charge is 0.224 e. The number of aliphatic imine (C=N–C) groups is 1. The number of phenols is 1. The van der Waals surface area contributed by atoms with Crippen LogP contribution >= 0.6 is 0 Å².